The van der Waals surface area contributed by atoms with E-state index >= 15 is 0 Å². The third-order valence-electron chi connectivity index (χ3n) is 2.11. The van der Waals surface area contributed by atoms with Crippen molar-refractivity contribution in [1.82, 2.24) is 0 Å². The van der Waals surface area contributed by atoms with Gasteiger partial charge in [-0.1, -0.05) is 27.7 Å². The summed E-state index contributed by atoms with van der Waals surface area (Å²) in [4.78, 5) is 10.6. The van der Waals surface area contributed by atoms with Gasteiger partial charge >= 0.3 is 5.97 Å². The summed E-state index contributed by atoms with van der Waals surface area (Å²) in [6.07, 6.45) is 0.228. The Kier molecular flexibility index (Phi) is 2.67. The SMILES string of the molecule is CCC(O)(C(=O)O)C(C)(C)C. The Hall–Kier alpha value is -0.570. The van der Waals surface area contributed by atoms with Gasteiger partial charge in [0, 0.05) is 5.41 Å². The summed E-state index contributed by atoms with van der Waals surface area (Å²) in [6, 6.07) is 0. The van der Waals surface area contributed by atoms with Crippen LogP contribution in [0.25, 0.3) is 0 Å². The number of carbonyl (C=O) groups is 1. The van der Waals surface area contributed by atoms with Crippen LogP contribution in [0.15, 0.2) is 0 Å². The van der Waals surface area contributed by atoms with Gasteiger partial charge in [-0.2, -0.15) is 0 Å². The Labute approximate surface area is 67.0 Å². The number of aliphatic carboxylic acids is 1. The first kappa shape index (κ1) is 10.4. The molecular formula is C8H16O3. The average Bonchev–Trinajstić information content (AvgIpc) is 1.83. The van der Waals surface area contributed by atoms with E-state index in [4.69, 9.17) is 5.11 Å². The van der Waals surface area contributed by atoms with Gasteiger partial charge in [-0.25, -0.2) is 4.79 Å². The molecule has 1 atom stereocenters. The molecule has 0 spiro atoms. The maximum absolute atomic E-state index is 10.6. The number of carboxylic acids is 1. The van der Waals surface area contributed by atoms with Gasteiger partial charge < -0.3 is 10.2 Å². The lowest BCUT2D eigenvalue weighted by molar-refractivity contribution is -0.171. The zero-order chi connectivity index (χ0) is 9.28. The minimum Gasteiger partial charge on any atom is -0.479 e. The van der Waals surface area contributed by atoms with E-state index in [1.54, 1.807) is 27.7 Å². The van der Waals surface area contributed by atoms with Crippen molar-refractivity contribution in [3.8, 4) is 0 Å². The molecule has 0 heterocycles. The molecule has 1 unspecified atom stereocenters. The Balaban J connectivity index is 4.75. The van der Waals surface area contributed by atoms with Crippen molar-refractivity contribution >= 4 is 5.97 Å². The molecule has 0 saturated heterocycles. The van der Waals surface area contributed by atoms with Crippen LogP contribution in [-0.2, 0) is 4.79 Å². The van der Waals surface area contributed by atoms with Crippen molar-refractivity contribution in [2.75, 3.05) is 0 Å². The van der Waals surface area contributed by atoms with Crippen LogP contribution < -0.4 is 0 Å². The lowest BCUT2D eigenvalue weighted by atomic mass is 9.75. The van der Waals surface area contributed by atoms with Crippen LogP contribution in [0.4, 0.5) is 0 Å². The zero-order valence-electron chi connectivity index (χ0n) is 7.51. The normalized spacial score (nSPS) is 17.5. The molecule has 0 fully saturated rings. The summed E-state index contributed by atoms with van der Waals surface area (Å²) >= 11 is 0. The first-order valence-corrected chi connectivity index (χ1v) is 3.71. The van der Waals surface area contributed by atoms with Gasteiger partial charge in [-0.3, -0.25) is 0 Å². The van der Waals surface area contributed by atoms with Crippen LogP contribution in [0.5, 0.6) is 0 Å². The molecular weight excluding hydrogens is 144 g/mol. The molecule has 3 heteroatoms. The van der Waals surface area contributed by atoms with Gasteiger partial charge in [0.2, 0.25) is 0 Å². The molecule has 0 radical (unpaired) electrons. The van der Waals surface area contributed by atoms with E-state index in [1.807, 2.05) is 0 Å². The molecule has 0 amide bonds. The molecule has 0 aliphatic rings. The van der Waals surface area contributed by atoms with Gasteiger partial charge in [0.25, 0.3) is 0 Å². The van der Waals surface area contributed by atoms with Crippen molar-refractivity contribution in [3.05, 3.63) is 0 Å². The Morgan fingerprint density at radius 3 is 1.73 bits per heavy atom. The van der Waals surface area contributed by atoms with Crippen molar-refractivity contribution in [1.29, 1.82) is 0 Å². The molecule has 2 N–H and O–H groups in total. The van der Waals surface area contributed by atoms with E-state index in [0.29, 0.717) is 0 Å². The van der Waals surface area contributed by atoms with Gasteiger partial charge in [-0.05, 0) is 6.42 Å². The summed E-state index contributed by atoms with van der Waals surface area (Å²) in [5.41, 5.74) is -2.22. The predicted molar refractivity (Wildman–Crippen MR) is 42.3 cm³/mol. The second-order valence-electron chi connectivity index (χ2n) is 3.77. The van der Waals surface area contributed by atoms with Crippen LogP contribution in [-0.4, -0.2) is 21.8 Å². The number of rotatable bonds is 2. The number of hydrogen-bond acceptors (Lipinski definition) is 2. The molecule has 0 saturated carbocycles. The number of hydrogen-bond donors (Lipinski definition) is 2. The molecule has 0 bridgehead atoms. The van der Waals surface area contributed by atoms with Crippen LogP contribution >= 0.6 is 0 Å². The van der Waals surface area contributed by atoms with E-state index in [0.717, 1.165) is 0 Å². The predicted octanol–water partition coefficient (Wildman–Crippen LogP) is 1.26. The highest BCUT2D eigenvalue weighted by molar-refractivity contribution is 5.78. The molecule has 0 rings (SSSR count). The minimum atomic E-state index is -1.60. The standard InChI is InChI=1S/C8H16O3/c1-5-8(11,6(9)10)7(2,3)4/h11H,5H2,1-4H3,(H,9,10). The second-order valence-corrected chi connectivity index (χ2v) is 3.77. The van der Waals surface area contributed by atoms with Crippen molar-refractivity contribution < 1.29 is 15.0 Å². The molecule has 66 valence electrons. The maximum Gasteiger partial charge on any atom is 0.336 e. The lowest BCUT2D eigenvalue weighted by Crippen LogP contribution is -2.49. The Bertz CT molecular complexity index is 157. The lowest BCUT2D eigenvalue weighted by Gasteiger charge is -2.35. The highest BCUT2D eigenvalue weighted by Gasteiger charge is 2.45. The van der Waals surface area contributed by atoms with Crippen LogP contribution in [0.2, 0.25) is 0 Å². The van der Waals surface area contributed by atoms with Gasteiger partial charge in [0.15, 0.2) is 5.60 Å². The van der Waals surface area contributed by atoms with Crippen molar-refractivity contribution in [2.24, 2.45) is 5.41 Å². The van der Waals surface area contributed by atoms with E-state index in [2.05, 4.69) is 0 Å². The Morgan fingerprint density at radius 1 is 1.36 bits per heavy atom. The summed E-state index contributed by atoms with van der Waals surface area (Å²) in [5.74, 6) is -1.15. The molecule has 11 heavy (non-hydrogen) atoms. The monoisotopic (exact) mass is 160 g/mol. The summed E-state index contributed by atoms with van der Waals surface area (Å²) < 4.78 is 0. The molecule has 0 aromatic heterocycles. The number of aliphatic hydroxyl groups is 1. The van der Waals surface area contributed by atoms with Crippen LogP contribution in [0.3, 0.4) is 0 Å². The van der Waals surface area contributed by atoms with Gasteiger partial charge in [-0.15, -0.1) is 0 Å². The minimum absolute atomic E-state index is 0.228. The molecule has 0 aliphatic heterocycles. The summed E-state index contributed by atoms with van der Waals surface area (Å²) in [6.45, 7) is 6.80. The smallest absolute Gasteiger partial charge is 0.336 e. The van der Waals surface area contributed by atoms with Crippen molar-refractivity contribution in [3.63, 3.8) is 0 Å². The van der Waals surface area contributed by atoms with E-state index < -0.39 is 17.0 Å². The molecule has 0 aromatic rings. The third kappa shape index (κ3) is 1.71. The van der Waals surface area contributed by atoms with E-state index in [9.17, 15) is 9.90 Å². The van der Waals surface area contributed by atoms with E-state index in [1.165, 1.54) is 0 Å². The molecule has 0 aliphatic carbocycles. The first-order valence-electron chi connectivity index (χ1n) is 3.71. The highest BCUT2D eigenvalue weighted by Crippen LogP contribution is 2.33. The van der Waals surface area contributed by atoms with Crippen LogP contribution in [0, 0.1) is 5.41 Å². The number of carboxylic acid groups (broad SMARTS) is 1. The quantitative estimate of drug-likeness (QED) is 0.639. The molecule has 3 nitrogen and oxygen atoms in total. The van der Waals surface area contributed by atoms with Gasteiger partial charge in [0.1, 0.15) is 0 Å². The fourth-order valence-electron chi connectivity index (χ4n) is 1.00. The third-order valence-corrected chi connectivity index (χ3v) is 2.11. The Morgan fingerprint density at radius 2 is 1.73 bits per heavy atom. The van der Waals surface area contributed by atoms with Crippen molar-refractivity contribution in [2.45, 2.75) is 39.7 Å². The van der Waals surface area contributed by atoms with E-state index in [-0.39, 0.29) is 6.42 Å². The second kappa shape index (κ2) is 2.81. The fourth-order valence-corrected chi connectivity index (χ4v) is 1.00. The van der Waals surface area contributed by atoms with Crippen LogP contribution in [0.1, 0.15) is 34.1 Å². The zero-order valence-corrected chi connectivity index (χ0v) is 7.51. The molecule has 0 aromatic carbocycles. The largest absolute Gasteiger partial charge is 0.479 e. The maximum atomic E-state index is 10.6. The highest BCUT2D eigenvalue weighted by atomic mass is 16.4. The summed E-state index contributed by atoms with van der Waals surface area (Å²) in [5, 5.41) is 18.4. The summed E-state index contributed by atoms with van der Waals surface area (Å²) in [7, 11) is 0. The fraction of sp³-hybridized carbons (Fsp3) is 0.875. The average molecular weight is 160 g/mol. The van der Waals surface area contributed by atoms with Gasteiger partial charge in [0.05, 0.1) is 0 Å². The topological polar surface area (TPSA) is 57.5 Å². The first-order chi connectivity index (χ1) is 4.75.